The molecular weight excluding hydrogens is 226 g/mol. The van der Waals surface area contributed by atoms with Gasteiger partial charge in [0, 0.05) is 25.3 Å². The first-order chi connectivity index (χ1) is 8.72. The Balaban J connectivity index is 2.22. The van der Waals surface area contributed by atoms with Crippen molar-refractivity contribution in [2.75, 3.05) is 19.8 Å². The van der Waals surface area contributed by atoms with Crippen LogP contribution < -0.4 is 5.73 Å². The molecule has 1 aliphatic heterocycles. The molecule has 3 heteroatoms. The molecule has 1 fully saturated rings. The van der Waals surface area contributed by atoms with Crippen molar-refractivity contribution in [3.63, 3.8) is 0 Å². The van der Waals surface area contributed by atoms with E-state index in [-0.39, 0.29) is 5.78 Å². The zero-order valence-electron chi connectivity index (χ0n) is 10.9. The van der Waals surface area contributed by atoms with Crippen LogP contribution in [-0.4, -0.2) is 25.5 Å². The van der Waals surface area contributed by atoms with Crippen LogP contribution in [0.5, 0.6) is 0 Å². The average Bonchev–Trinajstić information content (AvgIpc) is 2.47. The van der Waals surface area contributed by atoms with Gasteiger partial charge in [0.2, 0.25) is 0 Å². The molecule has 1 heterocycles. The van der Waals surface area contributed by atoms with Gasteiger partial charge in [0.15, 0.2) is 5.78 Å². The predicted molar refractivity (Wildman–Crippen MR) is 71.7 cm³/mol. The van der Waals surface area contributed by atoms with E-state index in [2.05, 4.69) is 6.92 Å². The fourth-order valence-electron chi connectivity index (χ4n) is 2.48. The molecule has 0 unspecified atom stereocenters. The van der Waals surface area contributed by atoms with E-state index in [4.69, 9.17) is 10.5 Å². The Bertz CT molecular complexity index is 405. The van der Waals surface area contributed by atoms with Crippen molar-refractivity contribution >= 4 is 5.78 Å². The van der Waals surface area contributed by atoms with E-state index in [1.165, 1.54) is 5.56 Å². The molecule has 18 heavy (non-hydrogen) atoms. The summed E-state index contributed by atoms with van der Waals surface area (Å²) in [6, 6.07) is 7.90. The maximum atomic E-state index is 12.6. The average molecular weight is 247 g/mol. The minimum atomic E-state index is -0.411. The third-order valence-corrected chi connectivity index (χ3v) is 3.95. The lowest BCUT2D eigenvalue weighted by atomic mass is 9.74. The monoisotopic (exact) mass is 247 g/mol. The molecule has 0 aromatic heterocycles. The third-order valence-electron chi connectivity index (χ3n) is 3.95. The number of carbonyl (C=O) groups excluding carboxylic acids is 1. The Morgan fingerprint density at radius 1 is 1.28 bits per heavy atom. The summed E-state index contributed by atoms with van der Waals surface area (Å²) >= 11 is 0. The van der Waals surface area contributed by atoms with Crippen molar-refractivity contribution in [2.24, 2.45) is 11.1 Å². The number of aryl methyl sites for hydroxylation is 1. The number of rotatable bonds is 4. The molecule has 0 radical (unpaired) electrons. The Morgan fingerprint density at radius 3 is 2.39 bits per heavy atom. The van der Waals surface area contributed by atoms with Crippen LogP contribution in [0.1, 0.15) is 35.7 Å². The molecule has 0 amide bonds. The molecule has 3 nitrogen and oxygen atoms in total. The van der Waals surface area contributed by atoms with Gasteiger partial charge in [-0.05, 0) is 24.8 Å². The summed E-state index contributed by atoms with van der Waals surface area (Å²) in [7, 11) is 0. The number of ketones is 1. The van der Waals surface area contributed by atoms with Gasteiger partial charge in [0.25, 0.3) is 0 Å². The Hall–Kier alpha value is -1.19. The molecule has 0 spiro atoms. The van der Waals surface area contributed by atoms with Crippen molar-refractivity contribution in [2.45, 2.75) is 26.2 Å². The second-order valence-corrected chi connectivity index (χ2v) is 4.98. The van der Waals surface area contributed by atoms with Crippen LogP contribution in [0.15, 0.2) is 24.3 Å². The van der Waals surface area contributed by atoms with E-state index >= 15 is 0 Å². The zero-order chi connectivity index (χ0) is 13.0. The molecule has 0 bridgehead atoms. The van der Waals surface area contributed by atoms with Gasteiger partial charge < -0.3 is 10.5 Å². The molecular formula is C15H21NO2. The predicted octanol–water partition coefficient (Wildman–Crippen LogP) is 2.19. The van der Waals surface area contributed by atoms with Gasteiger partial charge in [0.1, 0.15) is 0 Å². The lowest BCUT2D eigenvalue weighted by molar-refractivity contribution is 0.0200. The van der Waals surface area contributed by atoms with E-state index in [1.807, 2.05) is 24.3 Å². The highest BCUT2D eigenvalue weighted by Crippen LogP contribution is 2.33. The topological polar surface area (TPSA) is 52.3 Å². The molecule has 1 aromatic rings. The standard InChI is InChI=1S/C15H21NO2/c1-2-12-3-5-13(6-4-12)14(17)15(11-16)7-9-18-10-8-15/h3-6H,2,7-11,16H2,1H3. The van der Waals surface area contributed by atoms with Crippen LogP contribution >= 0.6 is 0 Å². The highest BCUT2D eigenvalue weighted by Gasteiger charge is 2.38. The highest BCUT2D eigenvalue weighted by atomic mass is 16.5. The first kappa shape index (κ1) is 13.2. The molecule has 2 rings (SSSR count). The first-order valence-corrected chi connectivity index (χ1v) is 6.63. The van der Waals surface area contributed by atoms with Crippen LogP contribution in [0.25, 0.3) is 0 Å². The lowest BCUT2D eigenvalue weighted by Gasteiger charge is -2.34. The van der Waals surface area contributed by atoms with Gasteiger partial charge in [0.05, 0.1) is 5.41 Å². The number of Topliss-reactive ketones (excluding diaryl/α,β-unsaturated/α-hetero) is 1. The van der Waals surface area contributed by atoms with Gasteiger partial charge in [-0.3, -0.25) is 4.79 Å². The van der Waals surface area contributed by atoms with Crippen LogP contribution in [0, 0.1) is 5.41 Å². The van der Waals surface area contributed by atoms with E-state index in [1.54, 1.807) is 0 Å². The molecule has 0 atom stereocenters. The van der Waals surface area contributed by atoms with Crippen molar-refractivity contribution < 1.29 is 9.53 Å². The Labute approximate surface area is 108 Å². The van der Waals surface area contributed by atoms with Crippen molar-refractivity contribution in [1.82, 2.24) is 0 Å². The van der Waals surface area contributed by atoms with Crippen molar-refractivity contribution in [1.29, 1.82) is 0 Å². The number of hydrogen-bond acceptors (Lipinski definition) is 3. The SMILES string of the molecule is CCc1ccc(C(=O)C2(CN)CCOCC2)cc1. The summed E-state index contributed by atoms with van der Waals surface area (Å²) < 4.78 is 5.34. The summed E-state index contributed by atoms with van der Waals surface area (Å²) in [5, 5.41) is 0. The fraction of sp³-hybridized carbons (Fsp3) is 0.533. The number of nitrogens with two attached hydrogens (primary N) is 1. The fourth-order valence-corrected chi connectivity index (χ4v) is 2.48. The molecule has 98 valence electrons. The molecule has 0 aliphatic carbocycles. The molecule has 2 N–H and O–H groups in total. The number of carbonyl (C=O) groups is 1. The van der Waals surface area contributed by atoms with E-state index in [0.29, 0.717) is 19.8 Å². The minimum absolute atomic E-state index is 0.177. The molecule has 1 saturated heterocycles. The summed E-state index contributed by atoms with van der Waals surface area (Å²) in [6.45, 7) is 3.79. The normalized spacial score (nSPS) is 18.6. The highest BCUT2D eigenvalue weighted by molar-refractivity contribution is 6.00. The van der Waals surface area contributed by atoms with Crippen LogP contribution in [-0.2, 0) is 11.2 Å². The Kier molecular flexibility index (Phi) is 4.15. The van der Waals surface area contributed by atoms with Gasteiger partial charge in [-0.1, -0.05) is 31.2 Å². The van der Waals surface area contributed by atoms with E-state index in [0.717, 1.165) is 24.8 Å². The maximum absolute atomic E-state index is 12.6. The van der Waals surface area contributed by atoms with Gasteiger partial charge in [-0.2, -0.15) is 0 Å². The zero-order valence-corrected chi connectivity index (χ0v) is 10.9. The largest absolute Gasteiger partial charge is 0.381 e. The number of hydrogen-bond donors (Lipinski definition) is 1. The smallest absolute Gasteiger partial charge is 0.170 e. The quantitative estimate of drug-likeness (QED) is 0.830. The van der Waals surface area contributed by atoms with Crippen molar-refractivity contribution in [3.8, 4) is 0 Å². The first-order valence-electron chi connectivity index (χ1n) is 6.63. The Morgan fingerprint density at radius 2 is 1.89 bits per heavy atom. The second kappa shape index (κ2) is 5.63. The second-order valence-electron chi connectivity index (χ2n) is 4.98. The molecule has 0 saturated carbocycles. The van der Waals surface area contributed by atoms with Crippen LogP contribution in [0.4, 0.5) is 0 Å². The summed E-state index contributed by atoms with van der Waals surface area (Å²) in [5.41, 5.74) is 7.47. The summed E-state index contributed by atoms with van der Waals surface area (Å²) in [5.74, 6) is 0.177. The van der Waals surface area contributed by atoms with E-state index < -0.39 is 5.41 Å². The summed E-state index contributed by atoms with van der Waals surface area (Å²) in [6.07, 6.45) is 2.46. The van der Waals surface area contributed by atoms with Crippen LogP contribution in [0.3, 0.4) is 0 Å². The van der Waals surface area contributed by atoms with Crippen molar-refractivity contribution in [3.05, 3.63) is 35.4 Å². The molecule has 1 aliphatic rings. The van der Waals surface area contributed by atoms with Gasteiger partial charge >= 0.3 is 0 Å². The summed E-state index contributed by atoms with van der Waals surface area (Å²) in [4.78, 5) is 12.6. The van der Waals surface area contributed by atoms with E-state index in [9.17, 15) is 4.79 Å². The molecule has 1 aromatic carbocycles. The third kappa shape index (κ3) is 2.47. The van der Waals surface area contributed by atoms with Gasteiger partial charge in [-0.25, -0.2) is 0 Å². The number of benzene rings is 1. The van der Waals surface area contributed by atoms with Gasteiger partial charge in [-0.15, -0.1) is 0 Å². The van der Waals surface area contributed by atoms with Crippen LogP contribution in [0.2, 0.25) is 0 Å². The maximum Gasteiger partial charge on any atom is 0.170 e. The minimum Gasteiger partial charge on any atom is -0.381 e. The number of ether oxygens (including phenoxy) is 1. The lowest BCUT2D eigenvalue weighted by Crippen LogP contribution is -2.43.